The van der Waals surface area contributed by atoms with E-state index >= 15 is 0 Å². The zero-order valence-corrected chi connectivity index (χ0v) is 42.1. The summed E-state index contributed by atoms with van der Waals surface area (Å²) < 4.78 is 52.4. The van der Waals surface area contributed by atoms with E-state index in [0.717, 1.165) is 16.7 Å². The molecule has 4 rings (SSSR count). The number of esters is 3. The van der Waals surface area contributed by atoms with E-state index in [0.29, 0.717) is 50.6 Å². The van der Waals surface area contributed by atoms with E-state index in [1.54, 1.807) is 0 Å². The largest absolute Gasteiger partial charge is 0.483 e. The van der Waals surface area contributed by atoms with Crippen molar-refractivity contribution in [3.05, 3.63) is 86.5 Å². The zero-order chi connectivity index (χ0) is 51.1. The second-order valence-electron chi connectivity index (χ2n) is 19.5. The zero-order valence-electron chi connectivity index (χ0n) is 42.1. The lowest BCUT2D eigenvalue weighted by Crippen LogP contribution is -2.34. The van der Waals surface area contributed by atoms with Crippen molar-refractivity contribution in [3.63, 3.8) is 0 Å². The number of hydrogen-bond donors (Lipinski definition) is 3. The molecule has 0 saturated heterocycles. The SMILES string of the molecule is COC(=O)CNC(=O)COc1c2cc(C(C)(C)C)cc1COCc1cc(C(C)(C)C)cc(c1OCC(=O)NCC(=O)OC)COCc1cc(C(C)(C)C)cc(c1OCC(=O)NCC(=O)OC)COC2. The average molecular weight is 964 g/mol. The molecule has 1 aliphatic heterocycles. The Morgan fingerprint density at radius 2 is 0.609 bits per heavy atom. The molecule has 0 aliphatic carbocycles. The summed E-state index contributed by atoms with van der Waals surface area (Å²) in [6.07, 6.45) is 0. The van der Waals surface area contributed by atoms with Gasteiger partial charge in [0.05, 0.1) is 61.0 Å². The Hall–Kier alpha value is -6.24. The van der Waals surface area contributed by atoms with Gasteiger partial charge in [-0.05, 0) is 69.3 Å². The van der Waals surface area contributed by atoms with Gasteiger partial charge in [0.2, 0.25) is 0 Å². The first-order valence-electron chi connectivity index (χ1n) is 22.5. The lowest BCUT2D eigenvalue weighted by atomic mass is 9.84. The first-order chi connectivity index (χ1) is 32.4. The second-order valence-corrected chi connectivity index (χ2v) is 19.5. The molecule has 6 bridgehead atoms. The van der Waals surface area contributed by atoms with Gasteiger partial charge in [-0.3, -0.25) is 28.8 Å². The first-order valence-corrected chi connectivity index (χ1v) is 22.5. The third-order valence-electron chi connectivity index (χ3n) is 10.9. The number of carbonyl (C=O) groups excluding carboxylic acids is 6. The fourth-order valence-corrected chi connectivity index (χ4v) is 6.87. The van der Waals surface area contributed by atoms with Gasteiger partial charge in [-0.1, -0.05) is 62.3 Å². The van der Waals surface area contributed by atoms with Gasteiger partial charge in [-0.15, -0.1) is 0 Å². The fourth-order valence-electron chi connectivity index (χ4n) is 6.87. The number of nitrogens with one attached hydrogen (secondary N) is 3. The number of carbonyl (C=O) groups is 6. The summed E-state index contributed by atoms with van der Waals surface area (Å²) in [7, 11) is 3.67. The standard InChI is InChI=1S/C51H69N3O15/c1-49(2,3)37-13-31-22-64-24-33-15-38(50(4,5)6)17-35(47(33)68-29-41(56)53-20-44(59)62-11)26-66-27-36-18-39(51(7,8)9)16-34(48(36)69-30-42(57)54-21-45(60)63-12)25-65-23-32(14-37)46(31)67-28-40(55)52-19-43(58)61-10/h13-18H,19-30H2,1-12H3,(H,52,55)(H,53,56)(H,54,57). The molecule has 69 heavy (non-hydrogen) atoms. The lowest BCUT2D eigenvalue weighted by Gasteiger charge is -2.26. The first kappa shape index (κ1) is 55.4. The quantitative estimate of drug-likeness (QED) is 0.134. The van der Waals surface area contributed by atoms with Crippen molar-refractivity contribution in [2.24, 2.45) is 0 Å². The number of fused-ring (bicyclic) bond motifs is 6. The summed E-state index contributed by atoms with van der Waals surface area (Å²) in [5.74, 6) is -2.58. The molecule has 0 unspecified atom stereocenters. The molecule has 3 aromatic rings. The van der Waals surface area contributed by atoms with Crippen LogP contribution in [-0.4, -0.2) is 96.4 Å². The van der Waals surface area contributed by atoms with E-state index in [1.165, 1.54) is 21.3 Å². The van der Waals surface area contributed by atoms with Crippen LogP contribution in [0.25, 0.3) is 0 Å². The molecule has 378 valence electrons. The number of methoxy groups -OCH3 is 3. The van der Waals surface area contributed by atoms with Crippen molar-refractivity contribution in [3.8, 4) is 17.2 Å². The smallest absolute Gasteiger partial charge is 0.325 e. The van der Waals surface area contributed by atoms with E-state index in [-0.39, 0.29) is 75.5 Å². The molecule has 18 nitrogen and oxygen atoms in total. The maximum Gasteiger partial charge on any atom is 0.325 e. The highest BCUT2D eigenvalue weighted by Gasteiger charge is 2.26. The highest BCUT2D eigenvalue weighted by molar-refractivity contribution is 5.84. The molecule has 0 radical (unpaired) electrons. The van der Waals surface area contributed by atoms with Crippen molar-refractivity contribution >= 4 is 35.6 Å². The number of amides is 3. The van der Waals surface area contributed by atoms with Crippen LogP contribution < -0.4 is 30.2 Å². The highest BCUT2D eigenvalue weighted by Crippen LogP contribution is 2.38. The fraction of sp³-hybridized carbons (Fsp3) is 0.529. The van der Waals surface area contributed by atoms with Gasteiger partial charge >= 0.3 is 17.9 Å². The summed E-state index contributed by atoms with van der Waals surface area (Å²) in [6, 6.07) is 11.7. The van der Waals surface area contributed by atoms with E-state index in [4.69, 9.17) is 28.4 Å². The molecule has 3 N–H and O–H groups in total. The van der Waals surface area contributed by atoms with Crippen LogP contribution in [0, 0.1) is 0 Å². The summed E-state index contributed by atoms with van der Waals surface area (Å²) in [6.45, 7) is 16.1. The van der Waals surface area contributed by atoms with Crippen LogP contribution in [0.15, 0.2) is 36.4 Å². The van der Waals surface area contributed by atoms with E-state index in [1.807, 2.05) is 36.4 Å². The van der Waals surface area contributed by atoms with Crippen molar-refractivity contribution in [2.45, 2.75) is 118 Å². The molecule has 0 spiro atoms. The molecule has 3 amide bonds. The normalized spacial score (nSPS) is 13.4. The predicted molar refractivity (Wildman–Crippen MR) is 252 cm³/mol. The van der Waals surface area contributed by atoms with E-state index in [2.05, 4.69) is 92.5 Å². The third kappa shape index (κ3) is 17.0. The summed E-state index contributed by atoms with van der Waals surface area (Å²) in [5.41, 5.74) is 5.26. The van der Waals surface area contributed by atoms with Gasteiger partial charge in [0.1, 0.15) is 36.9 Å². The Labute approximate surface area is 404 Å². The summed E-state index contributed by atoms with van der Waals surface area (Å²) >= 11 is 0. The number of benzene rings is 3. The number of hydrogen-bond acceptors (Lipinski definition) is 15. The third-order valence-corrected chi connectivity index (χ3v) is 10.9. The maximum absolute atomic E-state index is 13.0. The molecule has 0 aromatic heterocycles. The maximum atomic E-state index is 13.0. The van der Waals surface area contributed by atoms with Gasteiger partial charge in [-0.2, -0.15) is 0 Å². The Morgan fingerprint density at radius 1 is 0.406 bits per heavy atom. The predicted octanol–water partition coefficient (Wildman–Crippen LogP) is 5.05. The Balaban J connectivity index is 1.94. The molecule has 3 aromatic carbocycles. The average Bonchev–Trinajstić information content (AvgIpc) is 3.28. The Bertz CT molecular complexity index is 1990. The van der Waals surface area contributed by atoms with E-state index in [9.17, 15) is 28.8 Å². The lowest BCUT2D eigenvalue weighted by molar-refractivity contribution is -0.141. The Morgan fingerprint density at radius 3 is 0.783 bits per heavy atom. The summed E-state index contributed by atoms with van der Waals surface area (Å²) in [5, 5.41) is 7.52. The molecular formula is C51H69N3O15. The van der Waals surface area contributed by atoms with Crippen molar-refractivity contribution in [2.75, 3.05) is 60.8 Å². The molecule has 0 atom stereocenters. The van der Waals surface area contributed by atoms with Crippen LogP contribution in [0.1, 0.15) is 112 Å². The minimum Gasteiger partial charge on any atom is -0.483 e. The number of ether oxygens (including phenoxy) is 9. The topological polar surface area (TPSA) is 222 Å². The van der Waals surface area contributed by atoms with E-state index < -0.39 is 55.5 Å². The minimum atomic E-state index is -0.625. The van der Waals surface area contributed by atoms with Gasteiger partial charge in [-0.25, -0.2) is 0 Å². The molecule has 0 fully saturated rings. The molecule has 1 heterocycles. The van der Waals surface area contributed by atoms with Crippen LogP contribution in [0.4, 0.5) is 0 Å². The van der Waals surface area contributed by atoms with Crippen LogP contribution in [0.2, 0.25) is 0 Å². The van der Waals surface area contributed by atoms with Crippen molar-refractivity contribution in [1.82, 2.24) is 16.0 Å². The van der Waals surface area contributed by atoms with Crippen LogP contribution >= 0.6 is 0 Å². The molecule has 0 saturated carbocycles. The number of rotatable bonds is 15. The second kappa shape index (κ2) is 24.9. The minimum absolute atomic E-state index is 0.00626. The highest BCUT2D eigenvalue weighted by atomic mass is 16.5. The van der Waals surface area contributed by atoms with Gasteiger partial charge in [0, 0.05) is 33.4 Å². The van der Waals surface area contributed by atoms with Gasteiger partial charge in [0.25, 0.3) is 17.7 Å². The van der Waals surface area contributed by atoms with Crippen LogP contribution in [0.3, 0.4) is 0 Å². The van der Waals surface area contributed by atoms with Crippen LogP contribution in [0.5, 0.6) is 17.2 Å². The molecular weight excluding hydrogens is 895 g/mol. The summed E-state index contributed by atoms with van der Waals surface area (Å²) in [4.78, 5) is 74.6. The Kier molecular flexibility index (Phi) is 19.9. The molecule has 18 heteroatoms. The van der Waals surface area contributed by atoms with Crippen LogP contribution in [-0.2, 0) is 113 Å². The monoisotopic (exact) mass is 963 g/mol. The molecule has 1 aliphatic rings. The van der Waals surface area contributed by atoms with Gasteiger partial charge in [0.15, 0.2) is 19.8 Å². The van der Waals surface area contributed by atoms with Crippen molar-refractivity contribution < 1.29 is 71.4 Å². The van der Waals surface area contributed by atoms with Crippen molar-refractivity contribution in [1.29, 1.82) is 0 Å². The van der Waals surface area contributed by atoms with Gasteiger partial charge < -0.3 is 58.6 Å².